The lowest BCUT2D eigenvalue weighted by Gasteiger charge is -2.27. The van der Waals surface area contributed by atoms with Gasteiger partial charge >= 0.3 is 0 Å². The SMILES string of the molecule is Fc1ccc2[nH]c(CNc3nc(N4CCOCC4)nc4c3ncn4-c3ccc4ccccc4c3)nc2c1F. The Labute approximate surface area is 215 Å². The van der Waals surface area contributed by atoms with Crippen molar-refractivity contribution in [1.82, 2.24) is 29.5 Å². The number of anilines is 2. The maximum absolute atomic E-state index is 14.2. The van der Waals surface area contributed by atoms with Gasteiger partial charge in [-0.1, -0.05) is 30.3 Å². The van der Waals surface area contributed by atoms with Gasteiger partial charge in [0.25, 0.3) is 0 Å². The molecule has 3 aromatic carbocycles. The second-order valence-electron chi connectivity index (χ2n) is 9.08. The molecule has 3 aromatic heterocycles. The Morgan fingerprint density at radius 1 is 0.921 bits per heavy atom. The molecular formula is C27H22F2N8O. The van der Waals surface area contributed by atoms with Crippen LogP contribution in [0.4, 0.5) is 20.5 Å². The zero-order valence-corrected chi connectivity index (χ0v) is 20.2. The number of fused-ring (bicyclic) bond motifs is 3. The number of morpholine rings is 1. The fourth-order valence-electron chi connectivity index (χ4n) is 4.75. The van der Waals surface area contributed by atoms with Gasteiger partial charge in [0.1, 0.15) is 17.7 Å². The van der Waals surface area contributed by atoms with Crippen LogP contribution < -0.4 is 10.2 Å². The first-order valence-corrected chi connectivity index (χ1v) is 12.3. The standard InChI is InChI=1S/C27H22F2N8O/c28-19-7-8-20-23(22(19)29)33-21(32-20)14-30-25-24-26(35-27(34-25)36-9-11-38-12-10-36)37(15-31-24)18-6-5-16-3-1-2-4-17(16)13-18/h1-8,13,15H,9-12,14H2,(H,32,33)(H,30,34,35). The summed E-state index contributed by atoms with van der Waals surface area (Å²) >= 11 is 0. The third kappa shape index (κ3) is 3.88. The van der Waals surface area contributed by atoms with Crippen LogP contribution in [0.15, 0.2) is 60.9 Å². The molecule has 2 N–H and O–H groups in total. The Bertz CT molecular complexity index is 1810. The van der Waals surface area contributed by atoms with Crippen LogP contribution in [-0.2, 0) is 11.3 Å². The molecule has 0 radical (unpaired) electrons. The van der Waals surface area contributed by atoms with Crippen LogP contribution in [0.3, 0.4) is 0 Å². The Kier molecular flexibility index (Phi) is 5.36. The molecule has 11 heteroatoms. The van der Waals surface area contributed by atoms with E-state index >= 15 is 0 Å². The summed E-state index contributed by atoms with van der Waals surface area (Å²) in [6.45, 7) is 2.73. The molecule has 190 valence electrons. The highest BCUT2D eigenvalue weighted by molar-refractivity contribution is 5.88. The monoisotopic (exact) mass is 512 g/mol. The van der Waals surface area contributed by atoms with E-state index in [4.69, 9.17) is 14.7 Å². The normalized spacial score (nSPS) is 14.1. The molecule has 1 saturated heterocycles. The van der Waals surface area contributed by atoms with Gasteiger partial charge in [-0.25, -0.2) is 18.7 Å². The van der Waals surface area contributed by atoms with Gasteiger partial charge in [-0.05, 0) is 35.0 Å². The average molecular weight is 513 g/mol. The van der Waals surface area contributed by atoms with E-state index in [2.05, 4.69) is 49.4 Å². The molecule has 4 heterocycles. The molecule has 9 nitrogen and oxygen atoms in total. The van der Waals surface area contributed by atoms with Crippen molar-refractivity contribution in [1.29, 1.82) is 0 Å². The molecule has 0 unspecified atom stereocenters. The molecular weight excluding hydrogens is 490 g/mol. The molecule has 1 aliphatic heterocycles. The van der Waals surface area contributed by atoms with Crippen molar-refractivity contribution in [3.63, 3.8) is 0 Å². The lowest BCUT2D eigenvalue weighted by atomic mass is 10.1. The van der Waals surface area contributed by atoms with Crippen molar-refractivity contribution in [2.45, 2.75) is 6.54 Å². The van der Waals surface area contributed by atoms with Gasteiger partial charge in [0, 0.05) is 18.8 Å². The third-order valence-corrected chi connectivity index (χ3v) is 6.71. The van der Waals surface area contributed by atoms with Gasteiger partial charge < -0.3 is 19.9 Å². The number of imidazole rings is 2. The van der Waals surface area contributed by atoms with Gasteiger partial charge in [0.15, 0.2) is 28.6 Å². The lowest BCUT2D eigenvalue weighted by molar-refractivity contribution is 0.122. The van der Waals surface area contributed by atoms with Crippen molar-refractivity contribution >= 4 is 44.7 Å². The second-order valence-corrected chi connectivity index (χ2v) is 9.08. The third-order valence-electron chi connectivity index (χ3n) is 6.71. The van der Waals surface area contributed by atoms with E-state index in [0.29, 0.717) is 60.6 Å². The van der Waals surface area contributed by atoms with Crippen LogP contribution in [0.25, 0.3) is 38.7 Å². The van der Waals surface area contributed by atoms with E-state index in [1.54, 1.807) is 6.33 Å². The van der Waals surface area contributed by atoms with Crippen LogP contribution in [0.2, 0.25) is 0 Å². The predicted molar refractivity (Wildman–Crippen MR) is 141 cm³/mol. The highest BCUT2D eigenvalue weighted by Gasteiger charge is 2.20. The Morgan fingerprint density at radius 3 is 2.63 bits per heavy atom. The molecule has 0 spiro atoms. The van der Waals surface area contributed by atoms with E-state index < -0.39 is 11.6 Å². The summed E-state index contributed by atoms with van der Waals surface area (Å²) in [5, 5.41) is 5.54. The number of nitrogens with zero attached hydrogens (tertiary/aromatic N) is 6. The largest absolute Gasteiger partial charge is 0.378 e. The topological polar surface area (TPSA) is 96.8 Å². The van der Waals surface area contributed by atoms with Crippen LogP contribution in [-0.4, -0.2) is 55.8 Å². The Balaban J connectivity index is 1.30. The zero-order chi connectivity index (χ0) is 25.6. The first-order valence-electron chi connectivity index (χ1n) is 12.3. The Hall–Kier alpha value is -4.64. The number of benzene rings is 3. The minimum Gasteiger partial charge on any atom is -0.378 e. The molecule has 0 saturated carbocycles. The lowest BCUT2D eigenvalue weighted by Crippen LogP contribution is -2.37. The van der Waals surface area contributed by atoms with Crippen molar-refractivity contribution in [3.8, 4) is 5.69 Å². The highest BCUT2D eigenvalue weighted by atomic mass is 19.2. The molecule has 0 atom stereocenters. The van der Waals surface area contributed by atoms with Gasteiger partial charge in [0.2, 0.25) is 5.95 Å². The van der Waals surface area contributed by atoms with Crippen LogP contribution in [0.1, 0.15) is 5.82 Å². The number of hydrogen-bond acceptors (Lipinski definition) is 7. The van der Waals surface area contributed by atoms with Crippen molar-refractivity contribution in [3.05, 3.63) is 78.4 Å². The number of H-pyrrole nitrogens is 1. The summed E-state index contributed by atoms with van der Waals surface area (Å²) in [6, 6.07) is 16.9. The molecule has 38 heavy (non-hydrogen) atoms. The smallest absolute Gasteiger partial charge is 0.229 e. The summed E-state index contributed by atoms with van der Waals surface area (Å²) in [4.78, 5) is 23.6. The molecule has 0 aliphatic carbocycles. The highest BCUT2D eigenvalue weighted by Crippen LogP contribution is 2.27. The van der Waals surface area contributed by atoms with E-state index in [1.807, 2.05) is 22.8 Å². The number of nitrogens with one attached hydrogen (secondary N) is 2. The summed E-state index contributed by atoms with van der Waals surface area (Å²) in [7, 11) is 0. The molecule has 1 fully saturated rings. The van der Waals surface area contributed by atoms with Crippen LogP contribution in [0, 0.1) is 11.6 Å². The van der Waals surface area contributed by atoms with E-state index in [9.17, 15) is 8.78 Å². The first-order chi connectivity index (χ1) is 18.6. The van der Waals surface area contributed by atoms with Crippen LogP contribution >= 0.6 is 0 Å². The van der Waals surface area contributed by atoms with Crippen LogP contribution in [0.5, 0.6) is 0 Å². The summed E-state index contributed by atoms with van der Waals surface area (Å²) in [5.41, 5.74) is 2.55. The maximum atomic E-state index is 14.2. The number of halogens is 2. The molecule has 7 rings (SSSR count). The summed E-state index contributed by atoms with van der Waals surface area (Å²) < 4.78 is 35.3. The van der Waals surface area contributed by atoms with E-state index in [-0.39, 0.29) is 12.1 Å². The fourth-order valence-corrected chi connectivity index (χ4v) is 4.75. The minimum absolute atomic E-state index is 0.0378. The maximum Gasteiger partial charge on any atom is 0.229 e. The molecule has 0 amide bonds. The van der Waals surface area contributed by atoms with Gasteiger partial charge in [-0.3, -0.25) is 4.57 Å². The fraction of sp³-hybridized carbons (Fsp3) is 0.185. The average Bonchev–Trinajstić information content (AvgIpc) is 3.59. The minimum atomic E-state index is -0.974. The molecule has 0 bridgehead atoms. The number of ether oxygens (including phenoxy) is 1. The number of rotatable bonds is 5. The summed E-state index contributed by atoms with van der Waals surface area (Å²) in [5.74, 6) is -0.390. The quantitative estimate of drug-likeness (QED) is 0.349. The number of aromatic nitrogens is 6. The van der Waals surface area contributed by atoms with E-state index in [1.165, 1.54) is 6.07 Å². The summed E-state index contributed by atoms with van der Waals surface area (Å²) in [6.07, 6.45) is 1.73. The van der Waals surface area contributed by atoms with Gasteiger partial charge in [0.05, 0.1) is 25.3 Å². The van der Waals surface area contributed by atoms with Gasteiger partial charge in [-0.15, -0.1) is 0 Å². The van der Waals surface area contributed by atoms with Gasteiger partial charge in [-0.2, -0.15) is 9.97 Å². The van der Waals surface area contributed by atoms with Crippen molar-refractivity contribution in [2.24, 2.45) is 0 Å². The van der Waals surface area contributed by atoms with Crippen molar-refractivity contribution in [2.75, 3.05) is 36.5 Å². The second kappa shape index (κ2) is 9.03. The van der Waals surface area contributed by atoms with Crippen molar-refractivity contribution < 1.29 is 13.5 Å². The Morgan fingerprint density at radius 2 is 1.76 bits per heavy atom. The first kappa shape index (κ1) is 22.5. The predicted octanol–water partition coefficient (Wildman–Crippen LogP) is 4.57. The number of aromatic amines is 1. The molecule has 1 aliphatic rings. The number of hydrogen-bond donors (Lipinski definition) is 2. The zero-order valence-electron chi connectivity index (χ0n) is 20.2. The molecule has 6 aromatic rings. The van der Waals surface area contributed by atoms with E-state index in [0.717, 1.165) is 22.5 Å².